The van der Waals surface area contributed by atoms with Crippen molar-refractivity contribution in [1.29, 1.82) is 0 Å². The lowest BCUT2D eigenvalue weighted by atomic mass is 10.1. The van der Waals surface area contributed by atoms with Gasteiger partial charge in [0.15, 0.2) is 0 Å². The number of pyridine rings is 2. The summed E-state index contributed by atoms with van der Waals surface area (Å²) in [5.41, 5.74) is 3.10. The minimum Gasteiger partial charge on any atom is -0.327 e. The Morgan fingerprint density at radius 3 is 2.56 bits per heavy atom. The third-order valence-electron chi connectivity index (χ3n) is 4.57. The second-order valence-electron chi connectivity index (χ2n) is 6.67. The molecular formula is C20H28N4O. The molecule has 5 heteroatoms. The number of anilines is 1. The zero-order valence-electron chi connectivity index (χ0n) is 14.6. The van der Waals surface area contributed by atoms with Crippen molar-refractivity contribution in [3.63, 3.8) is 0 Å². The standard InChI is InChI=1S/C11H16N2.C9H10N2O.H2/c1-4-8-13(9-5-1)10-11-6-2-3-7-12-11;12-6-11-8-3-4-9(10-5-8)7-1-2-7;/h2-3,6-7H,1,4-5,8-10H2;3-7H,1-2H2,(H,11,12);1H. The van der Waals surface area contributed by atoms with Crippen LogP contribution in [0.5, 0.6) is 0 Å². The third-order valence-corrected chi connectivity index (χ3v) is 4.57. The van der Waals surface area contributed by atoms with Gasteiger partial charge in [0.05, 0.1) is 17.6 Å². The van der Waals surface area contributed by atoms with Crippen LogP contribution in [-0.4, -0.2) is 34.4 Å². The minimum absolute atomic E-state index is 0. The highest BCUT2D eigenvalue weighted by molar-refractivity contribution is 5.70. The molecule has 1 saturated carbocycles. The van der Waals surface area contributed by atoms with E-state index in [1.807, 2.05) is 24.4 Å². The molecule has 0 bridgehead atoms. The van der Waals surface area contributed by atoms with Gasteiger partial charge in [-0.15, -0.1) is 0 Å². The van der Waals surface area contributed by atoms with Gasteiger partial charge in [0.1, 0.15) is 0 Å². The zero-order chi connectivity index (χ0) is 17.3. The van der Waals surface area contributed by atoms with Crippen LogP contribution in [0.2, 0.25) is 0 Å². The van der Waals surface area contributed by atoms with Crippen molar-refractivity contribution in [2.75, 3.05) is 18.4 Å². The van der Waals surface area contributed by atoms with E-state index in [2.05, 4.69) is 32.3 Å². The Balaban J connectivity index is 0.000000180. The Kier molecular flexibility index (Phi) is 6.51. The van der Waals surface area contributed by atoms with Crippen LogP contribution < -0.4 is 5.32 Å². The molecule has 134 valence electrons. The molecule has 5 nitrogen and oxygen atoms in total. The number of nitrogens with zero attached hydrogens (tertiary/aromatic N) is 3. The average Bonchev–Trinajstić information content (AvgIpc) is 3.50. The molecule has 2 aliphatic rings. The molecule has 1 saturated heterocycles. The van der Waals surface area contributed by atoms with Crippen molar-refractivity contribution in [1.82, 2.24) is 14.9 Å². The number of hydrogen-bond donors (Lipinski definition) is 1. The normalized spacial score (nSPS) is 17.3. The molecule has 1 aliphatic heterocycles. The Morgan fingerprint density at radius 1 is 1.12 bits per heavy atom. The molecule has 2 fully saturated rings. The molecule has 0 aromatic carbocycles. The molecule has 3 heterocycles. The van der Waals surface area contributed by atoms with Crippen LogP contribution in [0.25, 0.3) is 0 Å². The summed E-state index contributed by atoms with van der Waals surface area (Å²) in [7, 11) is 0. The van der Waals surface area contributed by atoms with E-state index >= 15 is 0 Å². The molecule has 0 radical (unpaired) electrons. The van der Waals surface area contributed by atoms with Gasteiger partial charge in [-0.1, -0.05) is 12.5 Å². The second-order valence-corrected chi connectivity index (χ2v) is 6.67. The number of likely N-dealkylation sites (tertiary alicyclic amines) is 1. The maximum Gasteiger partial charge on any atom is 0.211 e. The summed E-state index contributed by atoms with van der Waals surface area (Å²) in [5, 5.41) is 2.55. The number of piperidine rings is 1. The molecule has 2 aromatic heterocycles. The number of nitrogens with one attached hydrogen (secondary N) is 1. The Bertz CT molecular complexity index is 641. The van der Waals surface area contributed by atoms with Crippen molar-refractivity contribution in [3.05, 3.63) is 54.1 Å². The molecule has 1 N–H and O–H groups in total. The molecule has 0 atom stereocenters. The van der Waals surface area contributed by atoms with Gasteiger partial charge < -0.3 is 5.32 Å². The number of amides is 1. The van der Waals surface area contributed by atoms with Gasteiger partial charge in [0.25, 0.3) is 0 Å². The number of carbonyl (C=O) groups is 1. The smallest absolute Gasteiger partial charge is 0.211 e. The highest BCUT2D eigenvalue weighted by Crippen LogP contribution is 2.38. The van der Waals surface area contributed by atoms with Gasteiger partial charge in [0, 0.05) is 25.8 Å². The zero-order valence-corrected chi connectivity index (χ0v) is 14.6. The van der Waals surface area contributed by atoms with Crippen LogP contribution in [0, 0.1) is 0 Å². The summed E-state index contributed by atoms with van der Waals surface area (Å²) in [6.07, 6.45) is 10.9. The molecule has 4 rings (SSSR count). The van der Waals surface area contributed by atoms with Crippen molar-refractivity contribution in [3.8, 4) is 0 Å². The van der Waals surface area contributed by atoms with Crippen LogP contribution in [-0.2, 0) is 11.3 Å². The fraction of sp³-hybridized carbons (Fsp3) is 0.450. The first-order valence-electron chi connectivity index (χ1n) is 9.13. The number of aromatic nitrogens is 2. The summed E-state index contributed by atoms with van der Waals surface area (Å²) in [6.45, 7) is 3.52. The number of hydrogen-bond acceptors (Lipinski definition) is 4. The summed E-state index contributed by atoms with van der Waals surface area (Å²) >= 11 is 0. The SMILES string of the molecule is O=CNc1ccc(C2CC2)nc1.[HH].c1ccc(CN2CCCCC2)nc1. The highest BCUT2D eigenvalue weighted by Gasteiger charge is 2.24. The van der Waals surface area contributed by atoms with Gasteiger partial charge in [-0.05, 0) is 63.0 Å². The van der Waals surface area contributed by atoms with Crippen LogP contribution in [0.4, 0.5) is 5.69 Å². The molecule has 0 spiro atoms. The van der Waals surface area contributed by atoms with E-state index in [0.29, 0.717) is 12.3 Å². The fourth-order valence-corrected chi connectivity index (χ4v) is 3.02. The van der Waals surface area contributed by atoms with Crippen molar-refractivity contribution in [2.24, 2.45) is 0 Å². The van der Waals surface area contributed by atoms with E-state index in [1.54, 1.807) is 6.20 Å². The predicted octanol–water partition coefficient (Wildman–Crippen LogP) is 3.84. The van der Waals surface area contributed by atoms with E-state index < -0.39 is 0 Å². The molecule has 0 unspecified atom stereocenters. The third kappa shape index (κ3) is 5.94. The molecule has 2 aromatic rings. The molecule has 1 amide bonds. The maximum absolute atomic E-state index is 10.1. The lowest BCUT2D eigenvalue weighted by Gasteiger charge is -2.25. The summed E-state index contributed by atoms with van der Waals surface area (Å²) in [6, 6.07) is 10.00. The molecular weight excluding hydrogens is 312 g/mol. The maximum atomic E-state index is 10.1. The quantitative estimate of drug-likeness (QED) is 0.840. The summed E-state index contributed by atoms with van der Waals surface area (Å²) in [5.74, 6) is 0.676. The Morgan fingerprint density at radius 2 is 1.96 bits per heavy atom. The van der Waals surface area contributed by atoms with E-state index in [9.17, 15) is 4.79 Å². The summed E-state index contributed by atoms with van der Waals surface area (Å²) < 4.78 is 0. The van der Waals surface area contributed by atoms with E-state index in [-0.39, 0.29) is 1.43 Å². The van der Waals surface area contributed by atoms with Gasteiger partial charge in [-0.25, -0.2) is 0 Å². The van der Waals surface area contributed by atoms with Gasteiger partial charge in [0.2, 0.25) is 6.41 Å². The Hall–Kier alpha value is -2.27. The molecule has 25 heavy (non-hydrogen) atoms. The van der Waals surface area contributed by atoms with E-state index in [1.165, 1.54) is 50.9 Å². The Labute approximate surface area is 151 Å². The molecule has 1 aliphatic carbocycles. The first kappa shape index (κ1) is 17.5. The van der Waals surface area contributed by atoms with Crippen LogP contribution in [0.3, 0.4) is 0 Å². The minimum atomic E-state index is 0. The monoisotopic (exact) mass is 340 g/mol. The van der Waals surface area contributed by atoms with Crippen LogP contribution >= 0.6 is 0 Å². The van der Waals surface area contributed by atoms with E-state index in [4.69, 9.17) is 0 Å². The van der Waals surface area contributed by atoms with Gasteiger partial charge in [-0.2, -0.15) is 0 Å². The first-order chi connectivity index (χ1) is 12.3. The van der Waals surface area contributed by atoms with Crippen molar-refractivity contribution >= 4 is 12.1 Å². The topological polar surface area (TPSA) is 58.1 Å². The largest absolute Gasteiger partial charge is 0.327 e. The number of rotatable bonds is 5. The second kappa shape index (κ2) is 9.28. The van der Waals surface area contributed by atoms with Gasteiger partial charge >= 0.3 is 0 Å². The average molecular weight is 340 g/mol. The van der Waals surface area contributed by atoms with Crippen molar-refractivity contribution < 1.29 is 6.22 Å². The highest BCUT2D eigenvalue weighted by atomic mass is 16.1. The predicted molar refractivity (Wildman–Crippen MR) is 101 cm³/mol. The van der Waals surface area contributed by atoms with Crippen molar-refractivity contribution in [2.45, 2.75) is 44.6 Å². The lowest BCUT2D eigenvalue weighted by molar-refractivity contribution is -0.105. The van der Waals surface area contributed by atoms with Crippen LogP contribution in [0.15, 0.2) is 42.7 Å². The number of carbonyl (C=O) groups excluding carboxylic acids is 1. The summed E-state index contributed by atoms with van der Waals surface area (Å²) in [4.78, 5) is 21.1. The van der Waals surface area contributed by atoms with Crippen LogP contribution in [0.1, 0.15) is 50.8 Å². The van der Waals surface area contributed by atoms with E-state index in [0.717, 1.165) is 17.9 Å². The first-order valence-corrected chi connectivity index (χ1v) is 9.13. The van der Waals surface area contributed by atoms with Gasteiger partial charge in [-0.3, -0.25) is 19.7 Å². The fourth-order valence-electron chi connectivity index (χ4n) is 3.02. The lowest BCUT2D eigenvalue weighted by Crippen LogP contribution is -2.29.